The summed E-state index contributed by atoms with van der Waals surface area (Å²) in [4.78, 5) is 35.8. The van der Waals surface area contributed by atoms with E-state index in [1.54, 1.807) is 26.8 Å². The maximum Gasteiger partial charge on any atom is 0.407 e. The van der Waals surface area contributed by atoms with Crippen LogP contribution in [0.15, 0.2) is 24.3 Å². The van der Waals surface area contributed by atoms with Crippen LogP contribution in [0, 0.1) is 5.92 Å². The molecule has 1 aromatic carbocycles. The van der Waals surface area contributed by atoms with E-state index >= 15 is 0 Å². The van der Waals surface area contributed by atoms with E-state index in [0.29, 0.717) is 24.6 Å². The zero-order valence-corrected chi connectivity index (χ0v) is 18.1. The standard InChI is InChI=1S/C22H33N3O5/c1-22(2,3)30-21(28)23-10-7-19(26)25-18-6-4-5-17(13-18)15-24-20(27)14-16-8-11-29-12-9-16/h4-6,13,16H,7-12,14-15H2,1-3H3,(H,23,28)(H,24,27)(H,25,26). The first-order chi connectivity index (χ1) is 14.2. The van der Waals surface area contributed by atoms with Gasteiger partial charge in [0.2, 0.25) is 11.8 Å². The number of rotatable bonds is 8. The predicted octanol–water partition coefficient (Wildman–Crippen LogP) is 2.97. The Morgan fingerprint density at radius 2 is 1.83 bits per heavy atom. The highest BCUT2D eigenvalue weighted by molar-refractivity contribution is 5.91. The third-order valence-electron chi connectivity index (χ3n) is 4.54. The van der Waals surface area contributed by atoms with Gasteiger partial charge in [0.05, 0.1) is 0 Å². The molecule has 0 aromatic heterocycles. The van der Waals surface area contributed by atoms with E-state index in [4.69, 9.17) is 9.47 Å². The molecule has 3 N–H and O–H groups in total. The van der Waals surface area contributed by atoms with Gasteiger partial charge < -0.3 is 25.4 Å². The summed E-state index contributed by atoms with van der Waals surface area (Å²) in [6.45, 7) is 7.38. The van der Waals surface area contributed by atoms with Crippen LogP contribution in [0.1, 0.15) is 52.0 Å². The fourth-order valence-electron chi connectivity index (χ4n) is 3.06. The SMILES string of the molecule is CC(C)(C)OC(=O)NCCC(=O)Nc1cccc(CNC(=O)CC2CCOCC2)c1. The van der Waals surface area contributed by atoms with Gasteiger partial charge in [-0.15, -0.1) is 0 Å². The van der Waals surface area contributed by atoms with E-state index in [-0.39, 0.29) is 24.8 Å². The van der Waals surface area contributed by atoms with Gasteiger partial charge in [0.15, 0.2) is 0 Å². The van der Waals surface area contributed by atoms with Crippen LogP contribution >= 0.6 is 0 Å². The molecule has 0 unspecified atom stereocenters. The molecule has 0 spiro atoms. The van der Waals surface area contributed by atoms with Crippen molar-refractivity contribution in [3.05, 3.63) is 29.8 Å². The number of carbonyl (C=O) groups excluding carboxylic acids is 3. The van der Waals surface area contributed by atoms with Crippen LogP contribution in [0.2, 0.25) is 0 Å². The Labute approximate surface area is 178 Å². The summed E-state index contributed by atoms with van der Waals surface area (Å²) in [6, 6.07) is 7.34. The van der Waals surface area contributed by atoms with Crippen LogP contribution in [-0.2, 0) is 25.6 Å². The largest absolute Gasteiger partial charge is 0.444 e. The third-order valence-corrected chi connectivity index (χ3v) is 4.54. The number of hydrogen-bond donors (Lipinski definition) is 3. The van der Waals surface area contributed by atoms with E-state index in [0.717, 1.165) is 31.6 Å². The van der Waals surface area contributed by atoms with Crippen LogP contribution in [0.3, 0.4) is 0 Å². The van der Waals surface area contributed by atoms with Gasteiger partial charge in [0.25, 0.3) is 0 Å². The summed E-state index contributed by atoms with van der Waals surface area (Å²) in [5.41, 5.74) is 0.973. The molecular weight excluding hydrogens is 386 g/mol. The molecule has 1 aromatic rings. The van der Waals surface area contributed by atoms with Crippen molar-refractivity contribution in [2.24, 2.45) is 5.92 Å². The fourth-order valence-corrected chi connectivity index (χ4v) is 3.06. The number of nitrogens with one attached hydrogen (secondary N) is 3. The second-order valence-corrected chi connectivity index (χ2v) is 8.46. The fraction of sp³-hybridized carbons (Fsp3) is 0.591. The van der Waals surface area contributed by atoms with Crippen molar-refractivity contribution < 1.29 is 23.9 Å². The molecule has 0 radical (unpaired) electrons. The van der Waals surface area contributed by atoms with Crippen LogP contribution in [0.4, 0.5) is 10.5 Å². The summed E-state index contributed by atoms with van der Waals surface area (Å²) in [7, 11) is 0. The molecule has 0 saturated carbocycles. The first kappa shape index (κ1) is 23.7. The quantitative estimate of drug-likeness (QED) is 0.601. The Morgan fingerprint density at radius 3 is 2.53 bits per heavy atom. The molecule has 0 bridgehead atoms. The lowest BCUT2D eigenvalue weighted by Crippen LogP contribution is -2.34. The average Bonchev–Trinajstić information content (AvgIpc) is 2.66. The van der Waals surface area contributed by atoms with Crippen molar-refractivity contribution in [2.45, 2.75) is 58.6 Å². The topological polar surface area (TPSA) is 106 Å². The highest BCUT2D eigenvalue weighted by Crippen LogP contribution is 2.18. The predicted molar refractivity (Wildman–Crippen MR) is 114 cm³/mol. The minimum atomic E-state index is -0.576. The minimum Gasteiger partial charge on any atom is -0.444 e. The first-order valence-corrected chi connectivity index (χ1v) is 10.4. The number of anilines is 1. The lowest BCUT2D eigenvalue weighted by molar-refractivity contribution is -0.122. The van der Waals surface area contributed by atoms with Gasteiger partial charge in [-0.25, -0.2) is 4.79 Å². The molecule has 0 aliphatic carbocycles. The van der Waals surface area contributed by atoms with Crippen molar-refractivity contribution in [3.8, 4) is 0 Å². The number of hydrogen-bond acceptors (Lipinski definition) is 5. The highest BCUT2D eigenvalue weighted by Gasteiger charge is 2.17. The Balaban J connectivity index is 1.70. The molecule has 0 atom stereocenters. The highest BCUT2D eigenvalue weighted by atomic mass is 16.6. The van der Waals surface area contributed by atoms with Crippen LogP contribution in [-0.4, -0.2) is 43.3 Å². The molecule has 1 heterocycles. The summed E-state index contributed by atoms with van der Waals surface area (Å²) < 4.78 is 10.4. The van der Waals surface area contributed by atoms with Crippen molar-refractivity contribution >= 4 is 23.6 Å². The van der Waals surface area contributed by atoms with Gasteiger partial charge in [-0.2, -0.15) is 0 Å². The van der Waals surface area contributed by atoms with E-state index in [2.05, 4.69) is 16.0 Å². The van der Waals surface area contributed by atoms with E-state index in [1.807, 2.05) is 18.2 Å². The number of amides is 3. The zero-order chi connectivity index (χ0) is 22.0. The molecule has 1 fully saturated rings. The Hall–Kier alpha value is -2.61. The average molecular weight is 420 g/mol. The summed E-state index contributed by atoms with van der Waals surface area (Å²) >= 11 is 0. The second kappa shape index (κ2) is 11.5. The van der Waals surface area contributed by atoms with Gasteiger partial charge in [0.1, 0.15) is 5.60 Å². The molecule has 8 heteroatoms. The third kappa shape index (κ3) is 9.73. The lowest BCUT2D eigenvalue weighted by Gasteiger charge is -2.21. The summed E-state index contributed by atoms with van der Waals surface area (Å²) in [6.07, 6.45) is 1.96. The molecule has 3 amide bonds. The number of ether oxygens (including phenoxy) is 2. The van der Waals surface area contributed by atoms with Gasteiger partial charge in [-0.3, -0.25) is 9.59 Å². The van der Waals surface area contributed by atoms with Gasteiger partial charge in [0, 0.05) is 44.8 Å². The maximum atomic E-state index is 12.1. The van der Waals surface area contributed by atoms with Crippen molar-refractivity contribution in [3.63, 3.8) is 0 Å². The van der Waals surface area contributed by atoms with E-state index in [1.165, 1.54) is 0 Å². The van der Waals surface area contributed by atoms with Crippen molar-refractivity contribution in [1.29, 1.82) is 0 Å². The number of alkyl carbamates (subject to hydrolysis) is 1. The zero-order valence-electron chi connectivity index (χ0n) is 18.1. The molecule has 30 heavy (non-hydrogen) atoms. The minimum absolute atomic E-state index is 0.0320. The first-order valence-electron chi connectivity index (χ1n) is 10.4. The smallest absolute Gasteiger partial charge is 0.407 e. The lowest BCUT2D eigenvalue weighted by atomic mass is 9.96. The Bertz CT molecular complexity index is 724. The van der Waals surface area contributed by atoms with E-state index < -0.39 is 11.7 Å². The Kier molecular flexibility index (Phi) is 9.11. The molecule has 1 aliphatic heterocycles. The molecule has 1 saturated heterocycles. The van der Waals surface area contributed by atoms with Crippen LogP contribution < -0.4 is 16.0 Å². The second-order valence-electron chi connectivity index (χ2n) is 8.46. The van der Waals surface area contributed by atoms with Gasteiger partial charge in [-0.05, 0) is 57.2 Å². The summed E-state index contributed by atoms with van der Waals surface area (Å²) in [5.74, 6) is 0.204. The van der Waals surface area contributed by atoms with Crippen molar-refractivity contribution in [1.82, 2.24) is 10.6 Å². The monoisotopic (exact) mass is 419 g/mol. The van der Waals surface area contributed by atoms with E-state index in [9.17, 15) is 14.4 Å². The molecule has 166 valence electrons. The molecule has 2 rings (SSSR count). The number of carbonyl (C=O) groups is 3. The van der Waals surface area contributed by atoms with Gasteiger partial charge in [-0.1, -0.05) is 12.1 Å². The van der Waals surface area contributed by atoms with Crippen LogP contribution in [0.25, 0.3) is 0 Å². The number of benzene rings is 1. The van der Waals surface area contributed by atoms with Crippen molar-refractivity contribution in [2.75, 3.05) is 25.1 Å². The molecule has 1 aliphatic rings. The summed E-state index contributed by atoms with van der Waals surface area (Å²) in [5, 5.41) is 8.29. The maximum absolute atomic E-state index is 12.1. The van der Waals surface area contributed by atoms with Crippen LogP contribution in [0.5, 0.6) is 0 Å². The molecular formula is C22H33N3O5. The Morgan fingerprint density at radius 1 is 1.10 bits per heavy atom. The molecule has 8 nitrogen and oxygen atoms in total. The normalized spacial score (nSPS) is 14.6. The van der Waals surface area contributed by atoms with Gasteiger partial charge >= 0.3 is 6.09 Å².